The summed E-state index contributed by atoms with van der Waals surface area (Å²) in [7, 11) is 2.89. The van der Waals surface area contributed by atoms with Gasteiger partial charge in [0.15, 0.2) is 13.2 Å². The second-order valence-electron chi connectivity index (χ2n) is 12.5. The minimum atomic E-state index is -1.25. The van der Waals surface area contributed by atoms with E-state index in [1.807, 2.05) is 66.1 Å². The Kier molecular flexibility index (Phi) is 13.0. The number of rotatable bonds is 11. The molecule has 0 fully saturated rings. The van der Waals surface area contributed by atoms with Gasteiger partial charge < -0.3 is 39.7 Å². The van der Waals surface area contributed by atoms with Crippen LogP contribution in [-0.2, 0) is 4.74 Å². The molecule has 2 amide bonds. The summed E-state index contributed by atoms with van der Waals surface area (Å²) in [6.07, 6.45) is 19.2. The Morgan fingerprint density at radius 3 is 2.32 bits per heavy atom. The standard InChI is InChI=1S/C40H39N3O5.C2H5NO2/c1-3-42(26-28-12-6-4-7-13-28)30-18-20-34-36(24-30)48-37-25-31(19-21-35(37)38(34)32-16-10-11-17-33(32)39(44)45)43(22-23-47-40(46)41-2)27-29-14-8-5-9-15-29;1-3-2(4)5/h3-12,14,16-21,24-25,28-29H,1,13,15,22-23,26-27H2,2H3,(H-,41,44,45,46);3H,1H3,(H,4,5). The number of carboxylic acids is 1. The summed E-state index contributed by atoms with van der Waals surface area (Å²) in [6, 6.07) is 18.9. The van der Waals surface area contributed by atoms with Gasteiger partial charge >= 0.3 is 12.2 Å². The molecule has 11 nitrogen and oxygen atoms in total. The third kappa shape index (κ3) is 9.70. The number of hydrogen-bond donors (Lipinski definition) is 3. The zero-order chi connectivity index (χ0) is 37.7. The molecule has 11 heteroatoms. The van der Waals surface area contributed by atoms with Gasteiger partial charge in [0, 0.05) is 66.5 Å². The highest BCUT2D eigenvalue weighted by molar-refractivity contribution is 6.07. The zero-order valence-electron chi connectivity index (χ0n) is 29.9. The number of hydrogen-bond acceptors (Lipinski definition) is 7. The first-order valence-corrected chi connectivity index (χ1v) is 17.4. The van der Waals surface area contributed by atoms with Crippen molar-refractivity contribution in [2.45, 2.75) is 12.8 Å². The second kappa shape index (κ2) is 18.2. The van der Waals surface area contributed by atoms with Gasteiger partial charge in [-0.25, -0.2) is 14.2 Å². The van der Waals surface area contributed by atoms with Crippen LogP contribution in [0.5, 0.6) is 0 Å². The van der Waals surface area contributed by atoms with Gasteiger partial charge in [0.1, 0.15) is 17.9 Å². The summed E-state index contributed by atoms with van der Waals surface area (Å²) in [4.78, 5) is 35.5. The molecule has 0 saturated heterocycles. The molecule has 53 heavy (non-hydrogen) atoms. The van der Waals surface area contributed by atoms with Gasteiger partial charge in [-0.1, -0.05) is 79.5 Å². The minimum Gasteiger partial charge on any atom is -0.545 e. The molecule has 3 N–H and O–H groups in total. The topological polar surface area (TPSA) is 147 Å². The number of anilines is 1. The maximum Gasteiger partial charge on any atom is 0.407 e. The highest BCUT2D eigenvalue weighted by Crippen LogP contribution is 2.42. The van der Waals surface area contributed by atoms with Gasteiger partial charge in [-0.2, -0.15) is 0 Å². The number of nitrogens with one attached hydrogen (secondary N) is 2. The Morgan fingerprint density at radius 2 is 1.68 bits per heavy atom. The number of carbonyl (C=O) groups excluding carboxylic acids is 2. The molecule has 0 bridgehead atoms. The van der Waals surface area contributed by atoms with Gasteiger partial charge in [0.2, 0.25) is 5.36 Å². The third-order valence-electron chi connectivity index (χ3n) is 9.06. The SMILES string of the molecule is C=CN(CC1C=CC=CC1)c1ccc2c(-c3ccccc3C(=O)[O-])c3ccc(=[N+](CCOC(=O)NC)CC4C=CC=CC4)cc-3oc2c1.CNC(=O)O. The van der Waals surface area contributed by atoms with Crippen molar-refractivity contribution >= 4 is 34.8 Å². The predicted octanol–water partition coefficient (Wildman–Crippen LogP) is 5.79. The highest BCUT2D eigenvalue weighted by atomic mass is 16.5. The number of ether oxygens (including phenoxy) is 1. The molecule has 2 aromatic rings. The normalized spacial score (nSPS) is 16.3. The van der Waals surface area contributed by atoms with Crippen molar-refractivity contribution in [3.63, 3.8) is 0 Å². The molecule has 4 aliphatic rings. The van der Waals surface area contributed by atoms with Gasteiger partial charge in [0.05, 0.1) is 12.0 Å². The third-order valence-corrected chi connectivity index (χ3v) is 9.06. The van der Waals surface area contributed by atoms with E-state index in [1.54, 1.807) is 12.1 Å². The molecule has 6 rings (SSSR count). The maximum absolute atomic E-state index is 12.3. The second-order valence-corrected chi connectivity index (χ2v) is 12.5. The Morgan fingerprint density at radius 1 is 0.962 bits per heavy atom. The molecule has 0 saturated carbocycles. The molecular weight excluding hydrogens is 672 g/mol. The number of carbonyl (C=O) groups is 3. The highest BCUT2D eigenvalue weighted by Gasteiger charge is 2.23. The molecule has 0 aromatic heterocycles. The first-order chi connectivity index (χ1) is 25.7. The summed E-state index contributed by atoms with van der Waals surface area (Å²) >= 11 is 0. The molecular formula is C42H44N4O7. The van der Waals surface area contributed by atoms with E-state index in [-0.39, 0.29) is 18.1 Å². The van der Waals surface area contributed by atoms with E-state index >= 15 is 0 Å². The van der Waals surface area contributed by atoms with Crippen LogP contribution in [0.2, 0.25) is 0 Å². The van der Waals surface area contributed by atoms with E-state index in [1.165, 1.54) is 14.1 Å². The van der Waals surface area contributed by atoms with Crippen LogP contribution in [0.4, 0.5) is 15.3 Å². The fourth-order valence-corrected chi connectivity index (χ4v) is 6.41. The number of alkyl carbamates (subject to hydrolysis) is 1. The van der Waals surface area contributed by atoms with E-state index in [0.717, 1.165) is 46.9 Å². The average Bonchev–Trinajstić information content (AvgIpc) is 3.19. The smallest absolute Gasteiger partial charge is 0.407 e. The van der Waals surface area contributed by atoms with Crippen LogP contribution in [0.3, 0.4) is 0 Å². The lowest BCUT2D eigenvalue weighted by molar-refractivity contribution is -0.254. The van der Waals surface area contributed by atoms with Crippen molar-refractivity contribution < 1.29 is 33.8 Å². The Bertz CT molecular complexity index is 2130. The number of aromatic carboxylic acids is 1. The number of allylic oxidation sites excluding steroid dienone is 6. The summed E-state index contributed by atoms with van der Waals surface area (Å²) < 4.78 is 14.2. The van der Waals surface area contributed by atoms with E-state index < -0.39 is 18.2 Å². The van der Waals surface area contributed by atoms with Crippen LogP contribution in [0, 0.1) is 11.8 Å². The molecule has 0 radical (unpaired) electrons. The lowest BCUT2D eigenvalue weighted by Crippen LogP contribution is -2.37. The fourth-order valence-electron chi connectivity index (χ4n) is 6.41. The number of benzene rings is 3. The van der Waals surface area contributed by atoms with Gasteiger partial charge in [0.25, 0.3) is 0 Å². The number of carboxylic acid groups (broad SMARTS) is 2. The van der Waals surface area contributed by atoms with Crippen molar-refractivity contribution in [2.75, 3.05) is 45.2 Å². The number of nitrogens with zero attached hydrogens (tertiary/aromatic N) is 2. The zero-order valence-corrected chi connectivity index (χ0v) is 29.9. The number of amides is 2. The van der Waals surface area contributed by atoms with Crippen molar-refractivity contribution in [1.82, 2.24) is 15.2 Å². The van der Waals surface area contributed by atoms with Crippen LogP contribution < -0.4 is 30.6 Å². The first-order valence-electron chi connectivity index (χ1n) is 17.4. The summed E-state index contributed by atoms with van der Waals surface area (Å²) in [5, 5.41) is 26.1. The van der Waals surface area contributed by atoms with E-state index in [9.17, 15) is 19.5 Å². The molecule has 1 heterocycles. The van der Waals surface area contributed by atoms with E-state index in [0.29, 0.717) is 35.9 Å². The fraction of sp³-hybridized carbons (Fsp3) is 0.238. The minimum absolute atomic E-state index is 0.106. The quantitative estimate of drug-likeness (QED) is 0.131. The van der Waals surface area contributed by atoms with Gasteiger partial charge in [-0.15, -0.1) is 0 Å². The molecule has 2 unspecified atom stereocenters. The van der Waals surface area contributed by atoms with Crippen LogP contribution in [0.15, 0.2) is 126 Å². The predicted molar refractivity (Wildman–Crippen MR) is 205 cm³/mol. The molecule has 2 atom stereocenters. The lowest BCUT2D eigenvalue weighted by atomic mass is 9.90. The van der Waals surface area contributed by atoms with Crippen LogP contribution in [0.25, 0.3) is 33.4 Å². The molecule has 1 aliphatic heterocycles. The van der Waals surface area contributed by atoms with Crippen molar-refractivity contribution in [2.24, 2.45) is 11.8 Å². The van der Waals surface area contributed by atoms with E-state index in [4.69, 9.17) is 14.3 Å². The Hall–Kier alpha value is -6.36. The van der Waals surface area contributed by atoms with Crippen molar-refractivity contribution in [1.29, 1.82) is 0 Å². The number of fused-ring (bicyclic) bond motifs is 2. The van der Waals surface area contributed by atoms with Gasteiger partial charge in [-0.05, 0) is 48.7 Å². The van der Waals surface area contributed by atoms with Crippen LogP contribution in [0.1, 0.15) is 23.2 Å². The van der Waals surface area contributed by atoms with Gasteiger partial charge in [-0.3, -0.25) is 0 Å². The van der Waals surface area contributed by atoms with Crippen LogP contribution >= 0.6 is 0 Å². The van der Waals surface area contributed by atoms with E-state index in [2.05, 4.69) is 63.9 Å². The first kappa shape index (κ1) is 37.9. The van der Waals surface area contributed by atoms with Crippen LogP contribution in [-0.4, -0.2) is 63.6 Å². The molecule has 274 valence electrons. The maximum atomic E-state index is 12.3. The molecule has 3 aliphatic carbocycles. The summed E-state index contributed by atoms with van der Waals surface area (Å²) in [5.41, 5.74) is 3.72. The molecule has 2 aromatic carbocycles. The summed E-state index contributed by atoms with van der Waals surface area (Å²) in [5.74, 6) is -0.0165. The van der Waals surface area contributed by atoms with Crippen molar-refractivity contribution in [3.8, 4) is 22.5 Å². The summed E-state index contributed by atoms with van der Waals surface area (Å²) in [6.45, 7) is 6.23. The lowest BCUT2D eigenvalue weighted by Gasteiger charge is -2.25. The Labute approximate surface area is 308 Å². The average molecular weight is 717 g/mol. The molecule has 0 spiro atoms. The monoisotopic (exact) mass is 716 g/mol. The van der Waals surface area contributed by atoms with Crippen molar-refractivity contribution in [3.05, 3.63) is 133 Å². The Balaban J connectivity index is 0.00000101. The largest absolute Gasteiger partial charge is 0.545 e.